The number of nitrogens with one attached hydrogen (secondary N) is 1. The van der Waals surface area contributed by atoms with E-state index in [1.807, 2.05) is 37.3 Å². The summed E-state index contributed by atoms with van der Waals surface area (Å²) in [7, 11) is 1.29. The Kier molecular flexibility index (Phi) is 5.54. The van der Waals surface area contributed by atoms with Crippen molar-refractivity contribution in [3.8, 4) is 0 Å². The second-order valence-corrected chi connectivity index (χ2v) is 7.38. The molecule has 156 valence electrons. The van der Waals surface area contributed by atoms with E-state index in [0.29, 0.717) is 23.2 Å². The molecule has 6 heteroatoms. The van der Waals surface area contributed by atoms with Gasteiger partial charge in [0.05, 0.1) is 23.9 Å². The van der Waals surface area contributed by atoms with E-state index in [4.69, 9.17) is 9.47 Å². The van der Waals surface area contributed by atoms with Crippen LogP contribution >= 0.6 is 0 Å². The molecule has 0 aliphatic carbocycles. The van der Waals surface area contributed by atoms with E-state index in [-0.39, 0.29) is 11.5 Å². The van der Waals surface area contributed by atoms with E-state index in [2.05, 4.69) is 5.32 Å². The first kappa shape index (κ1) is 20.3. The second kappa shape index (κ2) is 8.44. The van der Waals surface area contributed by atoms with Crippen LogP contribution in [-0.4, -0.2) is 25.0 Å². The number of benzene rings is 3. The Hall–Kier alpha value is -3.93. The highest BCUT2D eigenvalue weighted by atomic mass is 16.5. The number of hydrogen-bond acceptors (Lipinski definition) is 5. The van der Waals surface area contributed by atoms with Crippen LogP contribution in [-0.2, 0) is 15.9 Å². The largest absolute Gasteiger partial charge is 0.465 e. The molecule has 0 bridgehead atoms. The molecule has 6 nitrogen and oxygen atoms in total. The first-order valence-electron chi connectivity index (χ1n) is 9.85. The lowest BCUT2D eigenvalue weighted by atomic mass is 9.93. The zero-order valence-electron chi connectivity index (χ0n) is 17.2. The molecule has 1 unspecified atom stereocenters. The van der Waals surface area contributed by atoms with E-state index >= 15 is 0 Å². The minimum atomic E-state index is -0.530. The van der Waals surface area contributed by atoms with Crippen LogP contribution in [0, 0.1) is 6.92 Å². The molecule has 31 heavy (non-hydrogen) atoms. The summed E-state index contributed by atoms with van der Waals surface area (Å²) in [6.45, 7) is 1.85. The molecule has 1 aliphatic heterocycles. The molecular formula is C25H21NO5. The molecule has 1 atom stereocenters. The maximum atomic E-state index is 12.9. The summed E-state index contributed by atoms with van der Waals surface area (Å²) in [6, 6.07) is 19.5. The maximum Gasteiger partial charge on any atom is 0.339 e. The van der Waals surface area contributed by atoms with Gasteiger partial charge in [-0.15, -0.1) is 0 Å². The minimum absolute atomic E-state index is 0.279. The van der Waals surface area contributed by atoms with Crippen LogP contribution in [0.3, 0.4) is 0 Å². The molecule has 4 rings (SSSR count). The van der Waals surface area contributed by atoms with Crippen LogP contribution in [0.4, 0.5) is 5.69 Å². The fourth-order valence-corrected chi connectivity index (χ4v) is 3.63. The van der Waals surface area contributed by atoms with Gasteiger partial charge in [-0.05, 0) is 48.4 Å². The molecule has 1 aliphatic rings. The van der Waals surface area contributed by atoms with Gasteiger partial charge in [0, 0.05) is 12.0 Å². The summed E-state index contributed by atoms with van der Waals surface area (Å²) < 4.78 is 10.4. The Morgan fingerprint density at radius 3 is 2.55 bits per heavy atom. The zero-order chi connectivity index (χ0) is 22.0. The quantitative estimate of drug-likeness (QED) is 0.635. The number of hydrogen-bond donors (Lipinski definition) is 1. The number of carbonyl (C=O) groups excluding carboxylic acids is 3. The Bertz CT molecular complexity index is 1170. The highest BCUT2D eigenvalue weighted by molar-refractivity contribution is 6.08. The normalized spacial score (nSPS) is 14.9. The van der Waals surface area contributed by atoms with Crippen LogP contribution in [0.5, 0.6) is 0 Å². The lowest BCUT2D eigenvalue weighted by molar-refractivity contribution is 0.0252. The number of carbonyl (C=O) groups is 3. The maximum absolute atomic E-state index is 12.9. The average Bonchev–Trinajstić information content (AvgIpc) is 2.79. The fourth-order valence-electron chi connectivity index (χ4n) is 3.63. The first-order chi connectivity index (χ1) is 15.0. The predicted molar refractivity (Wildman–Crippen MR) is 115 cm³/mol. The van der Waals surface area contributed by atoms with Crippen molar-refractivity contribution < 1.29 is 23.9 Å². The number of rotatable bonds is 4. The minimum Gasteiger partial charge on any atom is -0.465 e. The molecule has 0 saturated heterocycles. The third kappa shape index (κ3) is 4.19. The lowest BCUT2D eigenvalue weighted by Crippen LogP contribution is -2.23. The summed E-state index contributed by atoms with van der Waals surface area (Å²) in [5.41, 5.74) is 4.00. The van der Waals surface area contributed by atoms with Crippen molar-refractivity contribution in [2.24, 2.45) is 0 Å². The van der Waals surface area contributed by atoms with Gasteiger partial charge in [-0.3, -0.25) is 4.79 Å². The number of cyclic esters (lactones) is 1. The molecule has 1 N–H and O–H groups in total. The molecule has 0 aromatic heterocycles. The third-order valence-electron chi connectivity index (χ3n) is 5.24. The number of amides is 1. The molecule has 0 spiro atoms. The third-order valence-corrected chi connectivity index (χ3v) is 5.24. The summed E-state index contributed by atoms with van der Waals surface area (Å²) >= 11 is 0. The smallest absolute Gasteiger partial charge is 0.339 e. The van der Waals surface area contributed by atoms with Gasteiger partial charge < -0.3 is 14.8 Å². The number of esters is 2. The summed E-state index contributed by atoms with van der Waals surface area (Å²) in [4.78, 5) is 37.4. The van der Waals surface area contributed by atoms with Crippen LogP contribution in [0.25, 0.3) is 0 Å². The van der Waals surface area contributed by atoms with Crippen molar-refractivity contribution in [2.75, 3.05) is 12.4 Å². The Labute approximate surface area is 179 Å². The summed E-state index contributed by atoms with van der Waals surface area (Å²) in [5, 5.41) is 2.77. The Morgan fingerprint density at radius 2 is 1.81 bits per heavy atom. The van der Waals surface area contributed by atoms with Gasteiger partial charge in [-0.1, -0.05) is 42.0 Å². The van der Waals surface area contributed by atoms with Gasteiger partial charge in [-0.2, -0.15) is 0 Å². The number of aryl methyl sites for hydroxylation is 1. The van der Waals surface area contributed by atoms with E-state index in [9.17, 15) is 14.4 Å². The van der Waals surface area contributed by atoms with Crippen LogP contribution in [0.1, 0.15) is 53.9 Å². The van der Waals surface area contributed by atoms with E-state index < -0.39 is 18.0 Å². The fraction of sp³-hybridized carbons (Fsp3) is 0.160. The van der Waals surface area contributed by atoms with Gasteiger partial charge in [0.1, 0.15) is 6.10 Å². The van der Waals surface area contributed by atoms with Crippen molar-refractivity contribution in [1.29, 1.82) is 0 Å². The molecule has 0 radical (unpaired) electrons. The lowest BCUT2D eigenvalue weighted by Gasteiger charge is -2.25. The van der Waals surface area contributed by atoms with Gasteiger partial charge in [-0.25, -0.2) is 9.59 Å². The van der Waals surface area contributed by atoms with E-state index in [1.54, 1.807) is 36.4 Å². The van der Waals surface area contributed by atoms with Gasteiger partial charge >= 0.3 is 11.9 Å². The molecule has 3 aromatic rings. The number of ether oxygens (including phenoxy) is 2. The van der Waals surface area contributed by atoms with Crippen molar-refractivity contribution in [1.82, 2.24) is 0 Å². The molecular weight excluding hydrogens is 394 g/mol. The number of fused-ring (bicyclic) bond motifs is 1. The monoisotopic (exact) mass is 415 g/mol. The zero-order valence-corrected chi connectivity index (χ0v) is 17.2. The molecule has 1 amide bonds. The number of anilines is 1. The van der Waals surface area contributed by atoms with Gasteiger partial charge in [0.2, 0.25) is 0 Å². The van der Waals surface area contributed by atoms with Gasteiger partial charge in [0.25, 0.3) is 5.91 Å². The Balaban J connectivity index is 1.60. The summed E-state index contributed by atoms with van der Waals surface area (Å²) in [6.07, 6.45) is 0.0759. The van der Waals surface area contributed by atoms with Crippen LogP contribution in [0.15, 0.2) is 66.7 Å². The average molecular weight is 415 g/mol. The highest BCUT2D eigenvalue weighted by Gasteiger charge is 2.28. The van der Waals surface area contributed by atoms with Crippen molar-refractivity contribution in [3.63, 3.8) is 0 Å². The van der Waals surface area contributed by atoms with Crippen LogP contribution in [0.2, 0.25) is 0 Å². The van der Waals surface area contributed by atoms with E-state index in [1.165, 1.54) is 7.11 Å². The Morgan fingerprint density at radius 1 is 1.03 bits per heavy atom. The molecule has 0 saturated carbocycles. The standard InChI is InChI=1S/C25H21NO5/c1-15-8-11-21(20(12-15)24(28)30-2)26-23(27)17-9-10-19-18(13-17)14-22(31-25(19)29)16-6-4-3-5-7-16/h3-13,22H,14H2,1-2H3,(H,26,27). The number of methoxy groups -OCH3 is 1. The van der Waals surface area contributed by atoms with E-state index in [0.717, 1.165) is 16.7 Å². The SMILES string of the molecule is COC(=O)c1cc(C)ccc1NC(=O)c1ccc2c(c1)CC(c1ccccc1)OC2=O. The van der Waals surface area contributed by atoms with Crippen LogP contribution < -0.4 is 5.32 Å². The highest BCUT2D eigenvalue weighted by Crippen LogP contribution is 2.31. The molecule has 0 fully saturated rings. The molecule has 1 heterocycles. The van der Waals surface area contributed by atoms with Crippen molar-refractivity contribution in [2.45, 2.75) is 19.4 Å². The van der Waals surface area contributed by atoms with Gasteiger partial charge in [0.15, 0.2) is 0 Å². The topological polar surface area (TPSA) is 81.7 Å². The van der Waals surface area contributed by atoms with Crippen molar-refractivity contribution in [3.05, 3.63) is 100 Å². The second-order valence-electron chi connectivity index (χ2n) is 7.38. The predicted octanol–water partition coefficient (Wildman–Crippen LogP) is 4.49. The van der Waals surface area contributed by atoms with Crippen molar-refractivity contribution >= 4 is 23.5 Å². The first-order valence-corrected chi connectivity index (χ1v) is 9.85. The molecule has 3 aromatic carbocycles. The summed E-state index contributed by atoms with van der Waals surface area (Å²) in [5.74, 6) is -1.32.